The van der Waals surface area contributed by atoms with E-state index in [1.54, 1.807) is 0 Å². The van der Waals surface area contributed by atoms with E-state index in [9.17, 15) is 8.42 Å². The van der Waals surface area contributed by atoms with Gasteiger partial charge in [0.1, 0.15) is 0 Å². The second-order valence-corrected chi connectivity index (χ2v) is 5.53. The lowest BCUT2D eigenvalue weighted by Crippen LogP contribution is -2.44. The van der Waals surface area contributed by atoms with E-state index in [0.29, 0.717) is 25.5 Å². The molecule has 0 unspecified atom stereocenters. The number of nitrogens with one attached hydrogen (secondary N) is 3. The summed E-state index contributed by atoms with van der Waals surface area (Å²) in [7, 11) is -3.10. The first-order valence-corrected chi connectivity index (χ1v) is 6.96. The SMILES string of the molecule is CC(C)NC(=NCCCNS(C)(=O)=O)NN. The molecule has 0 amide bonds. The quantitative estimate of drug-likeness (QED) is 0.155. The fourth-order valence-corrected chi connectivity index (χ4v) is 1.45. The van der Waals surface area contributed by atoms with Gasteiger partial charge in [0.15, 0.2) is 0 Å². The van der Waals surface area contributed by atoms with Crippen LogP contribution in [-0.4, -0.2) is 39.8 Å². The Morgan fingerprint density at radius 3 is 2.50 bits per heavy atom. The second kappa shape index (κ2) is 7.42. The monoisotopic (exact) mass is 251 g/mol. The van der Waals surface area contributed by atoms with Crippen LogP contribution in [0.25, 0.3) is 0 Å². The molecule has 8 heteroatoms. The van der Waals surface area contributed by atoms with E-state index in [1.807, 2.05) is 13.8 Å². The Morgan fingerprint density at radius 2 is 2.06 bits per heavy atom. The fraction of sp³-hybridized carbons (Fsp3) is 0.875. The number of aliphatic imine (C=N–C) groups is 1. The minimum Gasteiger partial charge on any atom is -0.353 e. The molecule has 0 aliphatic rings. The molecule has 7 nitrogen and oxygen atoms in total. The molecule has 96 valence electrons. The molecular weight excluding hydrogens is 230 g/mol. The van der Waals surface area contributed by atoms with E-state index in [4.69, 9.17) is 5.84 Å². The lowest BCUT2D eigenvalue weighted by atomic mass is 10.4. The van der Waals surface area contributed by atoms with Crippen molar-refractivity contribution in [2.45, 2.75) is 26.3 Å². The number of sulfonamides is 1. The van der Waals surface area contributed by atoms with Gasteiger partial charge in [-0.1, -0.05) is 0 Å². The van der Waals surface area contributed by atoms with Crippen molar-refractivity contribution in [1.29, 1.82) is 0 Å². The van der Waals surface area contributed by atoms with Crippen LogP contribution < -0.4 is 21.3 Å². The number of guanidine groups is 1. The van der Waals surface area contributed by atoms with Crippen LogP contribution in [0.5, 0.6) is 0 Å². The molecule has 0 heterocycles. The molecule has 0 aromatic rings. The largest absolute Gasteiger partial charge is 0.353 e. The van der Waals surface area contributed by atoms with Gasteiger partial charge in [0.05, 0.1) is 6.26 Å². The van der Waals surface area contributed by atoms with Gasteiger partial charge < -0.3 is 5.32 Å². The molecule has 0 aliphatic heterocycles. The van der Waals surface area contributed by atoms with Crippen LogP contribution in [0.1, 0.15) is 20.3 Å². The number of nitrogens with zero attached hydrogens (tertiary/aromatic N) is 1. The Balaban J connectivity index is 3.80. The van der Waals surface area contributed by atoms with Gasteiger partial charge in [-0.2, -0.15) is 0 Å². The van der Waals surface area contributed by atoms with Crippen LogP contribution in [0.15, 0.2) is 4.99 Å². The number of hydrogen-bond acceptors (Lipinski definition) is 4. The Morgan fingerprint density at radius 1 is 1.44 bits per heavy atom. The van der Waals surface area contributed by atoms with E-state index in [0.717, 1.165) is 6.26 Å². The summed E-state index contributed by atoms with van der Waals surface area (Å²) in [5.41, 5.74) is 2.44. The van der Waals surface area contributed by atoms with Crippen LogP contribution in [-0.2, 0) is 10.0 Å². The van der Waals surface area contributed by atoms with Gasteiger partial charge in [-0.05, 0) is 20.3 Å². The Kier molecular flexibility index (Phi) is 7.02. The summed E-state index contributed by atoms with van der Waals surface area (Å²) in [5.74, 6) is 5.76. The Labute approximate surface area is 96.9 Å². The summed E-state index contributed by atoms with van der Waals surface area (Å²) in [6.07, 6.45) is 1.75. The van der Waals surface area contributed by atoms with Crippen LogP contribution in [0, 0.1) is 0 Å². The van der Waals surface area contributed by atoms with Crippen molar-refractivity contribution in [3.8, 4) is 0 Å². The minimum atomic E-state index is -3.10. The van der Waals surface area contributed by atoms with E-state index >= 15 is 0 Å². The van der Waals surface area contributed by atoms with E-state index in [1.165, 1.54) is 0 Å². The molecule has 0 spiro atoms. The molecule has 0 fully saturated rings. The molecule has 5 N–H and O–H groups in total. The first kappa shape index (κ1) is 15.1. The maximum atomic E-state index is 10.7. The molecule has 0 saturated carbocycles. The first-order valence-electron chi connectivity index (χ1n) is 5.07. The standard InChI is InChI=1S/C8H21N5O2S/c1-7(2)12-8(13-9)10-5-4-6-11-16(3,14)15/h7,11H,4-6,9H2,1-3H3,(H2,10,12,13). The van der Waals surface area contributed by atoms with Gasteiger partial charge in [0.25, 0.3) is 0 Å². The van der Waals surface area contributed by atoms with Gasteiger partial charge in [0.2, 0.25) is 16.0 Å². The highest BCUT2D eigenvalue weighted by Gasteiger charge is 1.99. The zero-order valence-electron chi connectivity index (χ0n) is 9.95. The molecule has 0 aromatic carbocycles. The lowest BCUT2D eigenvalue weighted by molar-refractivity contribution is 0.585. The first-order chi connectivity index (χ1) is 7.35. The molecule has 16 heavy (non-hydrogen) atoms. The van der Waals surface area contributed by atoms with E-state index in [2.05, 4.69) is 20.5 Å². The third-order valence-electron chi connectivity index (χ3n) is 1.53. The summed E-state index contributed by atoms with van der Waals surface area (Å²) in [5, 5.41) is 3.01. The second-order valence-electron chi connectivity index (χ2n) is 3.69. The van der Waals surface area contributed by atoms with E-state index in [-0.39, 0.29) is 6.04 Å². The molecule has 0 aromatic heterocycles. The van der Waals surface area contributed by atoms with Crippen LogP contribution in [0.4, 0.5) is 0 Å². The maximum absolute atomic E-state index is 10.7. The minimum absolute atomic E-state index is 0.240. The Bertz CT molecular complexity index is 312. The fourth-order valence-electron chi connectivity index (χ4n) is 0.934. The van der Waals surface area contributed by atoms with Crippen molar-refractivity contribution >= 4 is 16.0 Å². The number of hydrogen-bond donors (Lipinski definition) is 4. The molecule has 0 bridgehead atoms. The molecule has 0 atom stereocenters. The van der Waals surface area contributed by atoms with Crippen LogP contribution in [0.2, 0.25) is 0 Å². The summed E-state index contributed by atoms with van der Waals surface area (Å²) in [4.78, 5) is 4.14. The number of hydrazine groups is 1. The highest BCUT2D eigenvalue weighted by Crippen LogP contribution is 1.83. The number of rotatable bonds is 6. The molecule has 0 aliphatic carbocycles. The van der Waals surface area contributed by atoms with Crippen molar-refractivity contribution in [3.05, 3.63) is 0 Å². The van der Waals surface area contributed by atoms with Gasteiger partial charge >= 0.3 is 0 Å². The van der Waals surface area contributed by atoms with Crippen molar-refractivity contribution in [1.82, 2.24) is 15.5 Å². The summed E-state index contributed by atoms with van der Waals surface area (Å²) in [6.45, 7) is 4.82. The van der Waals surface area contributed by atoms with Crippen LogP contribution >= 0.6 is 0 Å². The normalized spacial score (nSPS) is 12.9. The summed E-state index contributed by atoms with van der Waals surface area (Å²) in [6, 6.07) is 0.240. The molecule has 0 rings (SSSR count). The zero-order valence-corrected chi connectivity index (χ0v) is 10.8. The lowest BCUT2D eigenvalue weighted by Gasteiger charge is -2.11. The van der Waals surface area contributed by atoms with Gasteiger partial charge in [-0.25, -0.2) is 19.0 Å². The Hall–Kier alpha value is -0.860. The van der Waals surface area contributed by atoms with Gasteiger partial charge in [-0.15, -0.1) is 0 Å². The predicted octanol–water partition coefficient (Wildman–Crippen LogP) is -1.26. The maximum Gasteiger partial charge on any atom is 0.208 e. The van der Waals surface area contributed by atoms with Crippen molar-refractivity contribution < 1.29 is 8.42 Å². The molecule has 0 radical (unpaired) electrons. The molecular formula is C8H21N5O2S. The molecule has 0 saturated heterocycles. The average Bonchev–Trinajstić information content (AvgIpc) is 2.13. The van der Waals surface area contributed by atoms with Gasteiger partial charge in [-0.3, -0.25) is 10.4 Å². The zero-order chi connectivity index (χ0) is 12.6. The van der Waals surface area contributed by atoms with Crippen LogP contribution in [0.3, 0.4) is 0 Å². The predicted molar refractivity (Wildman–Crippen MR) is 65.4 cm³/mol. The van der Waals surface area contributed by atoms with Crippen molar-refractivity contribution in [2.24, 2.45) is 10.8 Å². The average molecular weight is 251 g/mol. The van der Waals surface area contributed by atoms with Crippen molar-refractivity contribution in [3.63, 3.8) is 0 Å². The summed E-state index contributed by atoms with van der Waals surface area (Å²) < 4.78 is 23.9. The van der Waals surface area contributed by atoms with Gasteiger partial charge in [0, 0.05) is 19.1 Å². The topological polar surface area (TPSA) is 109 Å². The summed E-state index contributed by atoms with van der Waals surface area (Å²) >= 11 is 0. The third-order valence-corrected chi connectivity index (χ3v) is 2.26. The van der Waals surface area contributed by atoms with Crippen molar-refractivity contribution in [2.75, 3.05) is 19.3 Å². The smallest absolute Gasteiger partial charge is 0.208 e. The number of nitrogens with two attached hydrogens (primary N) is 1. The highest BCUT2D eigenvalue weighted by molar-refractivity contribution is 7.88. The highest BCUT2D eigenvalue weighted by atomic mass is 32.2. The third kappa shape index (κ3) is 9.69. The van der Waals surface area contributed by atoms with E-state index < -0.39 is 10.0 Å².